The lowest BCUT2D eigenvalue weighted by molar-refractivity contribution is 0.461. The minimum absolute atomic E-state index is 0.277. The number of hydrogen-bond donors (Lipinski definition) is 2. The Morgan fingerprint density at radius 3 is 2.45 bits per heavy atom. The number of benzene rings is 2. The molecule has 4 nitrogen and oxygen atoms in total. The second-order valence-electron chi connectivity index (χ2n) is 7.84. The first-order valence-corrected chi connectivity index (χ1v) is 11.9. The zero-order chi connectivity index (χ0) is 21.5. The Bertz CT molecular complexity index is 993. The normalized spacial score (nSPS) is 14.4. The van der Waals surface area contributed by atoms with Crippen LogP contribution in [-0.2, 0) is 12.8 Å². The molecule has 0 radical (unpaired) electrons. The van der Waals surface area contributed by atoms with Gasteiger partial charge >= 0.3 is 0 Å². The molecule has 0 aliphatic heterocycles. The number of rotatable bonds is 8. The molecule has 1 aliphatic carbocycles. The van der Waals surface area contributed by atoms with Gasteiger partial charge < -0.3 is 10.0 Å². The molecule has 7 heteroatoms. The van der Waals surface area contributed by atoms with Crippen molar-refractivity contribution in [2.75, 3.05) is 10.0 Å². The van der Waals surface area contributed by atoms with E-state index in [-0.39, 0.29) is 5.82 Å². The highest BCUT2D eigenvalue weighted by atomic mass is 35.5. The largest absolute Gasteiger partial charge is 0.351 e. The summed E-state index contributed by atoms with van der Waals surface area (Å²) in [7, 11) is 0. The number of aryl methyl sites for hydroxylation is 2. The van der Waals surface area contributed by atoms with Gasteiger partial charge in [-0.2, -0.15) is 0 Å². The molecule has 3 aromatic rings. The molecule has 1 fully saturated rings. The van der Waals surface area contributed by atoms with E-state index in [1.807, 2.05) is 42.7 Å². The highest BCUT2D eigenvalue weighted by molar-refractivity contribution is 8.00. The van der Waals surface area contributed by atoms with Gasteiger partial charge in [-0.25, -0.2) is 14.4 Å². The number of nitrogens with zero attached hydrogens (tertiary/aromatic N) is 2. The number of halogens is 2. The third-order valence-corrected chi connectivity index (χ3v) is 6.83. The molecule has 1 aliphatic rings. The van der Waals surface area contributed by atoms with E-state index in [4.69, 9.17) is 11.6 Å². The molecule has 0 amide bonds. The summed E-state index contributed by atoms with van der Waals surface area (Å²) in [6, 6.07) is 13.3. The van der Waals surface area contributed by atoms with Crippen molar-refractivity contribution in [2.24, 2.45) is 0 Å². The summed E-state index contributed by atoms with van der Waals surface area (Å²) in [5.41, 5.74) is 2.43. The van der Waals surface area contributed by atoms with Gasteiger partial charge in [0.2, 0.25) is 5.95 Å². The average Bonchev–Trinajstić information content (AvgIpc) is 2.80. The first-order valence-electron chi connectivity index (χ1n) is 10.7. The summed E-state index contributed by atoms with van der Waals surface area (Å²) in [5, 5.41) is 4.07. The fourth-order valence-corrected chi connectivity index (χ4v) is 4.66. The predicted octanol–water partition coefficient (Wildman–Crippen LogP) is 6.92. The summed E-state index contributed by atoms with van der Waals surface area (Å²) in [6.07, 6.45) is 11.5. The fraction of sp³-hybridized carbons (Fsp3) is 0.333. The standard InChI is InChI=1S/C24H26ClFN4S/c25-20-8-4-5-9-23(20)31-30-22-13-12-17(14-21(22)26)10-11-18-15-27-24(28-16-18)29-19-6-2-1-3-7-19/h4-5,8-9,12-16,19,30H,1-3,6-7,10-11H2,(H,27,28,29). The van der Waals surface area contributed by atoms with Crippen molar-refractivity contribution in [2.45, 2.75) is 55.9 Å². The lowest BCUT2D eigenvalue weighted by atomic mass is 9.96. The van der Waals surface area contributed by atoms with E-state index in [1.165, 1.54) is 44.1 Å². The van der Waals surface area contributed by atoms with Gasteiger partial charge in [0.25, 0.3) is 0 Å². The maximum atomic E-state index is 14.5. The van der Waals surface area contributed by atoms with Crippen LogP contribution >= 0.6 is 23.5 Å². The summed E-state index contributed by atoms with van der Waals surface area (Å²) in [5.74, 6) is 0.425. The molecule has 1 saturated carbocycles. The van der Waals surface area contributed by atoms with Gasteiger partial charge in [0, 0.05) is 23.3 Å². The zero-order valence-corrected chi connectivity index (χ0v) is 18.9. The van der Waals surface area contributed by atoms with Crippen LogP contribution in [0.5, 0.6) is 0 Å². The minimum atomic E-state index is -0.277. The number of aromatic nitrogens is 2. The van der Waals surface area contributed by atoms with E-state index in [1.54, 1.807) is 12.1 Å². The molecule has 4 rings (SSSR count). The van der Waals surface area contributed by atoms with Gasteiger partial charge in [-0.05, 0) is 73.0 Å². The molecule has 162 valence electrons. The van der Waals surface area contributed by atoms with E-state index in [2.05, 4.69) is 20.0 Å². The number of anilines is 2. The Kier molecular flexibility index (Phi) is 7.65. The van der Waals surface area contributed by atoms with Crippen molar-refractivity contribution in [1.82, 2.24) is 9.97 Å². The molecule has 2 aromatic carbocycles. The topological polar surface area (TPSA) is 49.8 Å². The lowest BCUT2D eigenvalue weighted by Gasteiger charge is -2.22. The van der Waals surface area contributed by atoms with Gasteiger partial charge in [-0.15, -0.1) is 0 Å². The molecule has 31 heavy (non-hydrogen) atoms. The third kappa shape index (κ3) is 6.34. The predicted molar refractivity (Wildman–Crippen MR) is 127 cm³/mol. The second-order valence-corrected chi connectivity index (χ2v) is 9.10. The van der Waals surface area contributed by atoms with E-state index in [9.17, 15) is 4.39 Å². The van der Waals surface area contributed by atoms with Gasteiger partial charge in [0.05, 0.1) is 10.7 Å². The molecular weight excluding hydrogens is 431 g/mol. The van der Waals surface area contributed by atoms with E-state index >= 15 is 0 Å². The van der Waals surface area contributed by atoms with Gasteiger partial charge in [0.1, 0.15) is 5.82 Å². The van der Waals surface area contributed by atoms with E-state index in [0.29, 0.717) is 22.7 Å². The van der Waals surface area contributed by atoms with Gasteiger partial charge in [-0.1, -0.05) is 49.1 Å². The van der Waals surface area contributed by atoms with E-state index in [0.717, 1.165) is 28.9 Å². The maximum absolute atomic E-state index is 14.5. The Morgan fingerprint density at radius 2 is 1.71 bits per heavy atom. The molecular formula is C24H26ClFN4S. The van der Waals surface area contributed by atoms with Crippen LogP contribution in [0.15, 0.2) is 59.8 Å². The van der Waals surface area contributed by atoms with Crippen molar-refractivity contribution in [3.8, 4) is 0 Å². The Hall–Kier alpha value is -2.31. The highest BCUT2D eigenvalue weighted by Gasteiger charge is 2.14. The summed E-state index contributed by atoms with van der Waals surface area (Å²) in [4.78, 5) is 9.77. The smallest absolute Gasteiger partial charge is 0.222 e. The van der Waals surface area contributed by atoms with Crippen LogP contribution in [0.2, 0.25) is 5.02 Å². The molecule has 0 spiro atoms. The zero-order valence-electron chi connectivity index (χ0n) is 17.3. The van der Waals surface area contributed by atoms with Crippen LogP contribution in [0.1, 0.15) is 43.2 Å². The first kappa shape index (κ1) is 21.9. The molecule has 0 bridgehead atoms. The van der Waals surface area contributed by atoms with Crippen molar-refractivity contribution in [1.29, 1.82) is 0 Å². The van der Waals surface area contributed by atoms with Crippen LogP contribution in [-0.4, -0.2) is 16.0 Å². The molecule has 2 N–H and O–H groups in total. The first-order chi connectivity index (χ1) is 15.2. The van der Waals surface area contributed by atoms with Crippen LogP contribution in [0.25, 0.3) is 0 Å². The quantitative estimate of drug-likeness (QED) is 0.360. The lowest BCUT2D eigenvalue weighted by Crippen LogP contribution is -2.23. The van der Waals surface area contributed by atoms with Crippen LogP contribution in [0, 0.1) is 5.82 Å². The van der Waals surface area contributed by atoms with Crippen molar-refractivity contribution >= 4 is 35.2 Å². The monoisotopic (exact) mass is 456 g/mol. The highest BCUT2D eigenvalue weighted by Crippen LogP contribution is 2.29. The summed E-state index contributed by atoms with van der Waals surface area (Å²) in [6.45, 7) is 0. The fourth-order valence-electron chi connectivity index (χ4n) is 3.71. The second kappa shape index (κ2) is 10.8. The molecule has 0 saturated heterocycles. The molecule has 0 atom stereocenters. The van der Waals surface area contributed by atoms with Gasteiger partial charge in [-0.3, -0.25) is 0 Å². The van der Waals surface area contributed by atoms with Crippen LogP contribution in [0.4, 0.5) is 16.0 Å². The van der Waals surface area contributed by atoms with Crippen LogP contribution in [0.3, 0.4) is 0 Å². The van der Waals surface area contributed by atoms with Crippen LogP contribution < -0.4 is 10.0 Å². The summed E-state index contributed by atoms with van der Waals surface area (Å²) < 4.78 is 17.6. The van der Waals surface area contributed by atoms with E-state index < -0.39 is 0 Å². The minimum Gasteiger partial charge on any atom is -0.351 e. The summed E-state index contributed by atoms with van der Waals surface area (Å²) >= 11 is 7.44. The Morgan fingerprint density at radius 1 is 0.968 bits per heavy atom. The molecule has 1 heterocycles. The third-order valence-electron chi connectivity index (χ3n) is 5.49. The number of nitrogens with one attached hydrogen (secondary N) is 2. The Balaban J connectivity index is 1.28. The SMILES string of the molecule is Fc1cc(CCc2cnc(NC3CCCCC3)nc2)ccc1NSc1ccccc1Cl. The van der Waals surface area contributed by atoms with Crippen molar-refractivity contribution < 1.29 is 4.39 Å². The molecule has 0 unspecified atom stereocenters. The van der Waals surface area contributed by atoms with Crippen molar-refractivity contribution in [3.63, 3.8) is 0 Å². The van der Waals surface area contributed by atoms with Gasteiger partial charge in [0.15, 0.2) is 0 Å². The van der Waals surface area contributed by atoms with Crippen molar-refractivity contribution in [3.05, 3.63) is 76.8 Å². The number of hydrogen-bond acceptors (Lipinski definition) is 5. The molecule has 1 aromatic heterocycles. The average molecular weight is 457 g/mol. The maximum Gasteiger partial charge on any atom is 0.222 e. The Labute approximate surface area is 192 Å².